The molecule has 2 amide bonds. The maximum absolute atomic E-state index is 12.7. The molecule has 0 aliphatic carbocycles. The van der Waals surface area contributed by atoms with Crippen molar-refractivity contribution in [2.45, 2.75) is 53.2 Å². The van der Waals surface area contributed by atoms with Gasteiger partial charge in [0.1, 0.15) is 12.1 Å². The molecule has 2 atom stereocenters. The molecule has 6 heteroatoms. The summed E-state index contributed by atoms with van der Waals surface area (Å²) in [5, 5.41) is 2.81. The normalized spacial score (nSPS) is 23.2. The number of piperazine rings is 1. The van der Waals surface area contributed by atoms with Crippen molar-refractivity contribution in [2.75, 3.05) is 0 Å². The summed E-state index contributed by atoms with van der Waals surface area (Å²) >= 11 is 0. The van der Waals surface area contributed by atoms with Crippen LogP contribution < -0.4 is 5.32 Å². The van der Waals surface area contributed by atoms with Crippen LogP contribution in [0, 0.1) is 12.3 Å². The first kappa shape index (κ1) is 15.4. The zero-order valence-corrected chi connectivity index (χ0v) is 13.2. The van der Waals surface area contributed by atoms with E-state index in [0.29, 0.717) is 12.2 Å². The number of rotatable bonds is 2. The van der Waals surface area contributed by atoms with Crippen LogP contribution in [0.5, 0.6) is 0 Å². The fraction of sp³-hybridized carbons (Fsp3) is 0.600. The van der Waals surface area contributed by atoms with Gasteiger partial charge in [0.25, 0.3) is 0 Å². The van der Waals surface area contributed by atoms with Crippen LogP contribution in [0.4, 0.5) is 0 Å². The minimum Gasteiger partial charge on any atom is -0.342 e. The molecule has 6 nitrogen and oxygen atoms in total. The Bertz CT molecular complexity index is 548. The van der Waals surface area contributed by atoms with Crippen LogP contribution >= 0.6 is 0 Å². The number of nitrogens with one attached hydrogen (secondary N) is 1. The standard InChI is InChI=1S/C15H22N4O2/c1-9-6-17-11(7-16-9)8-19-10(2)13(20)18-12(14(19)21)15(3,4)5/h6-7,10,12H,8H2,1-5H3,(H,18,20). The van der Waals surface area contributed by atoms with Gasteiger partial charge in [0.05, 0.1) is 24.1 Å². The molecule has 1 aliphatic heterocycles. The monoisotopic (exact) mass is 290 g/mol. The lowest BCUT2D eigenvalue weighted by molar-refractivity contribution is -0.152. The fourth-order valence-electron chi connectivity index (χ4n) is 2.30. The average molecular weight is 290 g/mol. The van der Waals surface area contributed by atoms with Gasteiger partial charge in [-0.25, -0.2) is 0 Å². The minimum atomic E-state index is -0.514. The second-order valence-electron chi connectivity index (χ2n) is 6.60. The predicted molar refractivity (Wildman–Crippen MR) is 78.2 cm³/mol. The molecule has 114 valence electrons. The van der Waals surface area contributed by atoms with Gasteiger partial charge in [0.2, 0.25) is 11.8 Å². The highest BCUT2D eigenvalue weighted by atomic mass is 16.2. The first-order valence-corrected chi connectivity index (χ1v) is 7.08. The lowest BCUT2D eigenvalue weighted by atomic mass is 9.84. The molecule has 2 heterocycles. The Morgan fingerprint density at radius 3 is 2.43 bits per heavy atom. The summed E-state index contributed by atoms with van der Waals surface area (Å²) in [6.07, 6.45) is 3.31. The lowest BCUT2D eigenvalue weighted by Gasteiger charge is -2.42. The van der Waals surface area contributed by atoms with E-state index in [1.165, 1.54) is 0 Å². The van der Waals surface area contributed by atoms with Crippen molar-refractivity contribution in [3.8, 4) is 0 Å². The molecule has 1 N–H and O–H groups in total. The number of carbonyl (C=O) groups is 2. The van der Waals surface area contributed by atoms with Crippen LogP contribution in [0.3, 0.4) is 0 Å². The molecule has 0 saturated carbocycles. The molecule has 21 heavy (non-hydrogen) atoms. The molecule has 1 fully saturated rings. The Kier molecular flexibility index (Phi) is 3.98. The van der Waals surface area contributed by atoms with E-state index in [2.05, 4.69) is 15.3 Å². The van der Waals surface area contributed by atoms with Crippen molar-refractivity contribution in [2.24, 2.45) is 5.41 Å². The molecule has 1 aromatic heterocycles. The summed E-state index contributed by atoms with van der Waals surface area (Å²) < 4.78 is 0. The average Bonchev–Trinajstić information content (AvgIpc) is 2.40. The number of hydrogen-bond donors (Lipinski definition) is 1. The van der Waals surface area contributed by atoms with Gasteiger partial charge in [-0.05, 0) is 19.3 Å². The Morgan fingerprint density at radius 2 is 1.90 bits per heavy atom. The van der Waals surface area contributed by atoms with Crippen LogP contribution in [0.15, 0.2) is 12.4 Å². The molecule has 0 radical (unpaired) electrons. The minimum absolute atomic E-state index is 0.0722. The molecule has 1 saturated heterocycles. The van der Waals surface area contributed by atoms with Gasteiger partial charge in [-0.1, -0.05) is 20.8 Å². The van der Waals surface area contributed by atoms with E-state index >= 15 is 0 Å². The first-order chi connectivity index (χ1) is 9.70. The van der Waals surface area contributed by atoms with E-state index in [-0.39, 0.29) is 17.2 Å². The molecular formula is C15H22N4O2. The molecule has 2 unspecified atom stereocenters. The van der Waals surface area contributed by atoms with E-state index in [0.717, 1.165) is 5.69 Å². The summed E-state index contributed by atoms with van der Waals surface area (Å²) in [6.45, 7) is 9.70. The van der Waals surface area contributed by atoms with Gasteiger partial charge in [-0.2, -0.15) is 0 Å². The highest BCUT2D eigenvalue weighted by molar-refractivity contribution is 5.97. The van der Waals surface area contributed by atoms with Crippen molar-refractivity contribution in [1.29, 1.82) is 0 Å². The molecule has 1 aromatic rings. The summed E-state index contributed by atoms with van der Waals surface area (Å²) in [7, 11) is 0. The number of aromatic nitrogens is 2. The molecule has 0 spiro atoms. The molecular weight excluding hydrogens is 268 g/mol. The van der Waals surface area contributed by atoms with E-state index in [1.54, 1.807) is 24.2 Å². The summed E-state index contributed by atoms with van der Waals surface area (Å²) in [4.78, 5) is 34.8. The number of carbonyl (C=O) groups excluding carboxylic acids is 2. The molecule has 0 bridgehead atoms. The summed E-state index contributed by atoms with van der Waals surface area (Å²) in [5.74, 6) is -0.202. The Balaban J connectivity index is 2.24. The highest BCUT2D eigenvalue weighted by Gasteiger charge is 2.43. The van der Waals surface area contributed by atoms with E-state index < -0.39 is 12.1 Å². The second-order valence-corrected chi connectivity index (χ2v) is 6.60. The third-order valence-electron chi connectivity index (χ3n) is 3.70. The SMILES string of the molecule is Cc1cnc(CN2C(=O)C(C(C)(C)C)NC(=O)C2C)cn1. The van der Waals surface area contributed by atoms with Crippen LogP contribution in [0.25, 0.3) is 0 Å². The van der Waals surface area contributed by atoms with Gasteiger partial charge >= 0.3 is 0 Å². The largest absolute Gasteiger partial charge is 0.342 e. The lowest BCUT2D eigenvalue weighted by Crippen LogP contribution is -2.65. The molecule has 2 rings (SSSR count). The smallest absolute Gasteiger partial charge is 0.246 e. The van der Waals surface area contributed by atoms with Gasteiger partial charge < -0.3 is 10.2 Å². The first-order valence-electron chi connectivity index (χ1n) is 7.08. The Labute approximate surface area is 125 Å². The van der Waals surface area contributed by atoms with Crippen LogP contribution in [0.2, 0.25) is 0 Å². The number of aryl methyl sites for hydroxylation is 1. The zero-order valence-electron chi connectivity index (χ0n) is 13.2. The Hall–Kier alpha value is -1.98. The van der Waals surface area contributed by atoms with Crippen molar-refractivity contribution in [1.82, 2.24) is 20.2 Å². The van der Waals surface area contributed by atoms with Crippen LogP contribution in [-0.4, -0.2) is 38.8 Å². The summed E-state index contributed by atoms with van der Waals surface area (Å²) in [6, 6.07) is -1.01. The number of nitrogens with zero attached hydrogens (tertiary/aromatic N) is 3. The maximum atomic E-state index is 12.7. The van der Waals surface area contributed by atoms with Crippen molar-refractivity contribution >= 4 is 11.8 Å². The quantitative estimate of drug-likeness (QED) is 0.883. The van der Waals surface area contributed by atoms with Gasteiger partial charge in [-0.3, -0.25) is 19.6 Å². The second kappa shape index (κ2) is 5.42. The zero-order chi connectivity index (χ0) is 15.8. The number of hydrogen-bond acceptors (Lipinski definition) is 4. The number of amides is 2. The fourth-order valence-corrected chi connectivity index (χ4v) is 2.30. The van der Waals surface area contributed by atoms with E-state index in [4.69, 9.17) is 0 Å². The third kappa shape index (κ3) is 3.20. The van der Waals surface area contributed by atoms with E-state index in [9.17, 15) is 9.59 Å². The topological polar surface area (TPSA) is 75.2 Å². The highest BCUT2D eigenvalue weighted by Crippen LogP contribution is 2.25. The summed E-state index contributed by atoms with van der Waals surface area (Å²) in [5.41, 5.74) is 1.18. The van der Waals surface area contributed by atoms with Crippen molar-refractivity contribution in [3.63, 3.8) is 0 Å². The van der Waals surface area contributed by atoms with Crippen molar-refractivity contribution < 1.29 is 9.59 Å². The van der Waals surface area contributed by atoms with Crippen molar-refractivity contribution in [3.05, 3.63) is 23.8 Å². The molecule has 1 aliphatic rings. The van der Waals surface area contributed by atoms with Gasteiger partial charge in [-0.15, -0.1) is 0 Å². The third-order valence-corrected chi connectivity index (χ3v) is 3.70. The van der Waals surface area contributed by atoms with Crippen LogP contribution in [-0.2, 0) is 16.1 Å². The maximum Gasteiger partial charge on any atom is 0.246 e. The predicted octanol–water partition coefficient (Wildman–Crippen LogP) is 1.05. The van der Waals surface area contributed by atoms with E-state index in [1.807, 2.05) is 27.7 Å². The Morgan fingerprint density at radius 1 is 1.24 bits per heavy atom. The van der Waals surface area contributed by atoms with Gasteiger partial charge in [0.15, 0.2) is 0 Å². The molecule has 0 aromatic carbocycles. The van der Waals surface area contributed by atoms with Crippen LogP contribution in [0.1, 0.15) is 39.1 Å². The van der Waals surface area contributed by atoms with Gasteiger partial charge in [0, 0.05) is 6.20 Å².